The van der Waals surface area contributed by atoms with Crippen LogP contribution >= 0.6 is 11.6 Å². The highest BCUT2D eigenvalue weighted by molar-refractivity contribution is 6.31. The summed E-state index contributed by atoms with van der Waals surface area (Å²) in [5, 5.41) is 6.19. The Bertz CT molecular complexity index is 775. The van der Waals surface area contributed by atoms with Crippen molar-refractivity contribution in [2.75, 3.05) is 0 Å². The molecule has 3 aromatic rings. The first-order chi connectivity index (χ1) is 10.1. The van der Waals surface area contributed by atoms with Gasteiger partial charge in [-0.1, -0.05) is 18.5 Å². The number of nitrogens with zero attached hydrogens (tertiary/aromatic N) is 2. The minimum Gasteiger partial charge on any atom is -0.459 e. The molecule has 0 saturated carbocycles. The largest absolute Gasteiger partial charge is 0.459 e. The zero-order valence-corrected chi connectivity index (χ0v) is 12.9. The number of aryl methyl sites for hydroxylation is 2. The SMILES string of the molecule is CCc1cc(C(N)c2cc3cc(Cl)ccc3o2)n(CC)n1. The summed E-state index contributed by atoms with van der Waals surface area (Å²) in [6.45, 7) is 4.93. The fraction of sp³-hybridized carbons (Fsp3) is 0.312. The van der Waals surface area contributed by atoms with Crippen molar-refractivity contribution in [2.45, 2.75) is 32.9 Å². The molecule has 2 aromatic heterocycles. The van der Waals surface area contributed by atoms with Crippen molar-refractivity contribution in [3.8, 4) is 0 Å². The maximum atomic E-state index is 6.38. The molecule has 0 spiro atoms. The van der Waals surface area contributed by atoms with E-state index in [1.165, 1.54) is 0 Å². The van der Waals surface area contributed by atoms with Crippen LogP contribution in [-0.2, 0) is 13.0 Å². The van der Waals surface area contributed by atoms with E-state index in [0.717, 1.165) is 41.1 Å². The number of aromatic nitrogens is 2. The third kappa shape index (κ3) is 2.57. The van der Waals surface area contributed by atoms with E-state index in [-0.39, 0.29) is 6.04 Å². The lowest BCUT2D eigenvalue weighted by Gasteiger charge is -2.10. The first kappa shape index (κ1) is 14.2. The smallest absolute Gasteiger partial charge is 0.134 e. The van der Waals surface area contributed by atoms with E-state index in [1.807, 2.05) is 35.0 Å². The normalized spacial score (nSPS) is 13.0. The predicted molar refractivity (Wildman–Crippen MR) is 84.5 cm³/mol. The van der Waals surface area contributed by atoms with Crippen molar-refractivity contribution in [1.82, 2.24) is 9.78 Å². The molecule has 1 aromatic carbocycles. The maximum absolute atomic E-state index is 6.38. The molecule has 110 valence electrons. The molecule has 4 nitrogen and oxygen atoms in total. The zero-order chi connectivity index (χ0) is 15.0. The lowest BCUT2D eigenvalue weighted by atomic mass is 10.1. The van der Waals surface area contributed by atoms with Crippen LogP contribution in [-0.4, -0.2) is 9.78 Å². The van der Waals surface area contributed by atoms with Crippen molar-refractivity contribution >= 4 is 22.6 Å². The van der Waals surface area contributed by atoms with Gasteiger partial charge in [0, 0.05) is 17.0 Å². The fourth-order valence-electron chi connectivity index (χ4n) is 2.50. The van der Waals surface area contributed by atoms with Crippen LogP contribution in [0.5, 0.6) is 0 Å². The molecular weight excluding hydrogens is 286 g/mol. The molecule has 0 saturated heterocycles. The number of hydrogen-bond acceptors (Lipinski definition) is 3. The van der Waals surface area contributed by atoms with E-state index in [0.29, 0.717) is 5.02 Å². The van der Waals surface area contributed by atoms with Crippen molar-refractivity contribution in [2.24, 2.45) is 5.73 Å². The number of furan rings is 1. The monoisotopic (exact) mass is 303 g/mol. The summed E-state index contributed by atoms with van der Waals surface area (Å²) in [4.78, 5) is 0. The van der Waals surface area contributed by atoms with Gasteiger partial charge in [0.05, 0.1) is 11.4 Å². The highest BCUT2D eigenvalue weighted by Gasteiger charge is 2.19. The van der Waals surface area contributed by atoms with Gasteiger partial charge >= 0.3 is 0 Å². The second-order valence-corrected chi connectivity index (χ2v) is 5.47. The first-order valence-corrected chi connectivity index (χ1v) is 7.51. The first-order valence-electron chi connectivity index (χ1n) is 7.13. The Morgan fingerprint density at radius 2 is 2.10 bits per heavy atom. The number of fused-ring (bicyclic) bond motifs is 1. The van der Waals surface area contributed by atoms with E-state index in [4.69, 9.17) is 21.8 Å². The molecule has 1 unspecified atom stereocenters. The molecule has 2 N–H and O–H groups in total. The Kier molecular flexibility index (Phi) is 3.74. The summed E-state index contributed by atoms with van der Waals surface area (Å²) in [6.07, 6.45) is 0.891. The van der Waals surface area contributed by atoms with E-state index in [1.54, 1.807) is 0 Å². The van der Waals surface area contributed by atoms with Crippen LogP contribution in [0.4, 0.5) is 0 Å². The van der Waals surface area contributed by atoms with Crippen LogP contribution in [0.25, 0.3) is 11.0 Å². The van der Waals surface area contributed by atoms with Gasteiger partial charge in [-0.25, -0.2) is 0 Å². The molecule has 0 radical (unpaired) electrons. The van der Waals surface area contributed by atoms with Gasteiger partial charge in [0.15, 0.2) is 0 Å². The third-order valence-electron chi connectivity index (χ3n) is 3.65. The van der Waals surface area contributed by atoms with E-state index < -0.39 is 0 Å². The Balaban J connectivity index is 2.03. The van der Waals surface area contributed by atoms with Gasteiger partial charge in [0.1, 0.15) is 17.4 Å². The number of halogens is 1. The Morgan fingerprint density at radius 3 is 2.81 bits per heavy atom. The van der Waals surface area contributed by atoms with Crippen LogP contribution in [0.15, 0.2) is 34.7 Å². The summed E-state index contributed by atoms with van der Waals surface area (Å²) < 4.78 is 7.79. The Labute approximate surface area is 128 Å². The lowest BCUT2D eigenvalue weighted by molar-refractivity contribution is 0.500. The predicted octanol–water partition coefficient (Wildman–Crippen LogP) is 3.91. The molecule has 3 rings (SSSR count). The molecule has 21 heavy (non-hydrogen) atoms. The molecule has 5 heteroatoms. The zero-order valence-electron chi connectivity index (χ0n) is 12.1. The topological polar surface area (TPSA) is 57.0 Å². The average molecular weight is 304 g/mol. The third-order valence-corrected chi connectivity index (χ3v) is 3.88. The molecule has 0 fully saturated rings. The molecule has 0 bridgehead atoms. The summed E-state index contributed by atoms with van der Waals surface area (Å²) in [5.74, 6) is 0.726. The molecule has 0 aliphatic heterocycles. The van der Waals surface area contributed by atoms with Crippen LogP contribution in [0, 0.1) is 0 Å². The molecule has 1 atom stereocenters. The minimum absolute atomic E-state index is 0.330. The van der Waals surface area contributed by atoms with E-state index in [9.17, 15) is 0 Å². The van der Waals surface area contributed by atoms with Crippen molar-refractivity contribution in [3.63, 3.8) is 0 Å². The second kappa shape index (κ2) is 5.54. The lowest BCUT2D eigenvalue weighted by Crippen LogP contribution is -2.16. The van der Waals surface area contributed by atoms with Gasteiger partial charge in [-0.3, -0.25) is 4.68 Å². The average Bonchev–Trinajstić information content (AvgIpc) is 3.09. The van der Waals surface area contributed by atoms with Gasteiger partial charge in [-0.15, -0.1) is 0 Å². The highest BCUT2D eigenvalue weighted by Crippen LogP contribution is 2.29. The van der Waals surface area contributed by atoms with Crippen molar-refractivity contribution < 1.29 is 4.42 Å². The van der Waals surface area contributed by atoms with Crippen molar-refractivity contribution in [1.29, 1.82) is 0 Å². The summed E-state index contributed by atoms with van der Waals surface area (Å²) in [7, 11) is 0. The van der Waals surface area contributed by atoms with Crippen molar-refractivity contribution in [3.05, 3.63) is 52.5 Å². The van der Waals surface area contributed by atoms with Gasteiger partial charge < -0.3 is 10.2 Å². The van der Waals surface area contributed by atoms with Gasteiger partial charge in [0.25, 0.3) is 0 Å². The van der Waals surface area contributed by atoms with Gasteiger partial charge in [-0.2, -0.15) is 5.10 Å². The van der Waals surface area contributed by atoms with E-state index >= 15 is 0 Å². The quantitative estimate of drug-likeness (QED) is 0.795. The Morgan fingerprint density at radius 1 is 1.29 bits per heavy atom. The number of rotatable bonds is 4. The summed E-state index contributed by atoms with van der Waals surface area (Å²) in [6, 6.07) is 9.23. The Hall–Kier alpha value is -1.78. The molecule has 0 aliphatic rings. The second-order valence-electron chi connectivity index (χ2n) is 5.04. The van der Waals surface area contributed by atoms with Crippen LogP contribution < -0.4 is 5.73 Å². The van der Waals surface area contributed by atoms with Gasteiger partial charge in [0.2, 0.25) is 0 Å². The molecule has 0 aliphatic carbocycles. The number of hydrogen-bond donors (Lipinski definition) is 1. The maximum Gasteiger partial charge on any atom is 0.134 e. The molecule has 0 amide bonds. The van der Waals surface area contributed by atoms with Crippen LogP contribution in [0.3, 0.4) is 0 Å². The van der Waals surface area contributed by atoms with E-state index in [2.05, 4.69) is 18.9 Å². The fourth-order valence-corrected chi connectivity index (χ4v) is 2.68. The number of nitrogens with two attached hydrogens (primary N) is 1. The van der Waals surface area contributed by atoms with Crippen LogP contribution in [0.1, 0.15) is 37.0 Å². The molecular formula is C16H18ClN3O. The van der Waals surface area contributed by atoms with Crippen LogP contribution in [0.2, 0.25) is 5.02 Å². The highest BCUT2D eigenvalue weighted by atomic mass is 35.5. The van der Waals surface area contributed by atoms with Gasteiger partial charge in [-0.05, 0) is 43.7 Å². The molecule has 2 heterocycles. The number of benzene rings is 1. The summed E-state index contributed by atoms with van der Waals surface area (Å²) in [5.41, 5.74) is 9.18. The standard InChI is InChI=1S/C16H18ClN3O/c1-3-12-9-13(20(4-2)19-12)16(18)15-8-10-7-11(17)5-6-14(10)21-15/h5-9,16H,3-4,18H2,1-2H3. The minimum atomic E-state index is -0.330. The summed E-state index contributed by atoms with van der Waals surface area (Å²) >= 11 is 6.01.